The molecule has 0 aromatic heterocycles. The molecule has 0 atom stereocenters. The summed E-state index contributed by atoms with van der Waals surface area (Å²) in [6.45, 7) is 1.84. The molecule has 0 amide bonds. The van der Waals surface area contributed by atoms with Gasteiger partial charge in [0.2, 0.25) is 5.90 Å². The highest BCUT2D eigenvalue weighted by Crippen LogP contribution is 2.37. The van der Waals surface area contributed by atoms with E-state index in [1.165, 1.54) is 13.2 Å². The van der Waals surface area contributed by atoms with Crippen molar-refractivity contribution >= 4 is 35.5 Å². The molecule has 3 rings (SSSR count). The van der Waals surface area contributed by atoms with E-state index in [4.69, 9.17) is 25.8 Å². The Morgan fingerprint density at radius 2 is 1.97 bits per heavy atom. The molecule has 0 spiro atoms. The lowest BCUT2D eigenvalue weighted by Crippen LogP contribution is -2.13. The summed E-state index contributed by atoms with van der Waals surface area (Å²) in [5, 5.41) is 0.213. The van der Waals surface area contributed by atoms with Crippen molar-refractivity contribution in [2.24, 2.45) is 4.99 Å². The van der Waals surface area contributed by atoms with Gasteiger partial charge in [-0.25, -0.2) is 14.6 Å². The first-order chi connectivity index (χ1) is 14.0. The number of benzene rings is 2. The Morgan fingerprint density at radius 1 is 1.21 bits per heavy atom. The number of carbonyl (C=O) groups excluding carboxylic acids is 2. The van der Waals surface area contributed by atoms with Crippen molar-refractivity contribution in [3.8, 4) is 11.5 Å². The second kappa shape index (κ2) is 9.25. The van der Waals surface area contributed by atoms with Crippen molar-refractivity contribution in [2.45, 2.75) is 6.92 Å². The number of methoxy groups -OCH3 is 1. The molecule has 0 saturated heterocycles. The first-order valence-electron chi connectivity index (χ1n) is 8.75. The van der Waals surface area contributed by atoms with E-state index in [1.807, 2.05) is 18.2 Å². The molecule has 150 valence electrons. The van der Waals surface area contributed by atoms with Crippen LogP contribution in [0.1, 0.15) is 18.1 Å². The van der Waals surface area contributed by atoms with Gasteiger partial charge < -0.3 is 18.9 Å². The van der Waals surface area contributed by atoms with Crippen LogP contribution in [-0.4, -0.2) is 38.2 Å². The van der Waals surface area contributed by atoms with Gasteiger partial charge in [-0.1, -0.05) is 29.8 Å². The third-order valence-electron chi connectivity index (χ3n) is 3.84. The molecule has 8 heteroatoms. The highest BCUT2D eigenvalue weighted by atomic mass is 35.5. The van der Waals surface area contributed by atoms with Gasteiger partial charge in [0.05, 0.1) is 18.7 Å². The Kier molecular flexibility index (Phi) is 6.51. The van der Waals surface area contributed by atoms with Gasteiger partial charge in [-0.15, -0.1) is 0 Å². The minimum atomic E-state index is -0.566. The quantitative estimate of drug-likeness (QED) is 0.507. The number of carbonyl (C=O) groups is 2. The predicted octanol–water partition coefficient (Wildman–Crippen LogP) is 3.64. The molecule has 29 heavy (non-hydrogen) atoms. The standard InChI is InChI=1S/C21H18ClNO6/c1-3-27-17-11-13(9-15(22)19(17)28-12-18(24)26-2)10-16-21(25)29-20(23-16)14-7-5-4-6-8-14/h4-11H,3,12H2,1-2H3/b16-10-. The summed E-state index contributed by atoms with van der Waals surface area (Å²) >= 11 is 6.30. The van der Waals surface area contributed by atoms with E-state index in [-0.39, 0.29) is 29.0 Å². The van der Waals surface area contributed by atoms with Crippen LogP contribution in [-0.2, 0) is 19.1 Å². The Balaban J connectivity index is 1.91. The monoisotopic (exact) mass is 415 g/mol. The van der Waals surface area contributed by atoms with E-state index in [9.17, 15) is 9.59 Å². The van der Waals surface area contributed by atoms with Crippen molar-refractivity contribution in [3.63, 3.8) is 0 Å². The second-order valence-corrected chi connectivity index (χ2v) is 6.24. The third kappa shape index (κ3) is 4.94. The van der Waals surface area contributed by atoms with E-state index >= 15 is 0 Å². The van der Waals surface area contributed by atoms with Crippen molar-refractivity contribution in [1.29, 1.82) is 0 Å². The molecule has 1 aliphatic rings. The Bertz CT molecular complexity index is 984. The first-order valence-corrected chi connectivity index (χ1v) is 9.13. The number of hydrogen-bond acceptors (Lipinski definition) is 7. The van der Waals surface area contributed by atoms with Crippen LogP contribution in [0.5, 0.6) is 11.5 Å². The summed E-state index contributed by atoms with van der Waals surface area (Å²) in [7, 11) is 1.26. The minimum Gasteiger partial charge on any atom is -0.490 e. The van der Waals surface area contributed by atoms with Crippen molar-refractivity contribution < 1.29 is 28.5 Å². The molecular formula is C21H18ClNO6. The van der Waals surface area contributed by atoms with Crippen LogP contribution in [0.3, 0.4) is 0 Å². The Morgan fingerprint density at radius 3 is 2.66 bits per heavy atom. The second-order valence-electron chi connectivity index (χ2n) is 5.83. The number of aliphatic imine (C=N–C) groups is 1. The number of ether oxygens (including phenoxy) is 4. The Labute approximate surface area is 172 Å². The number of rotatable bonds is 7. The summed E-state index contributed by atoms with van der Waals surface area (Å²) in [5.41, 5.74) is 1.39. The van der Waals surface area contributed by atoms with Gasteiger partial charge in [-0.05, 0) is 42.8 Å². The maximum Gasteiger partial charge on any atom is 0.363 e. The zero-order chi connectivity index (χ0) is 20.8. The molecule has 2 aromatic carbocycles. The van der Waals surface area contributed by atoms with Gasteiger partial charge in [0, 0.05) is 5.56 Å². The highest BCUT2D eigenvalue weighted by Gasteiger charge is 2.24. The van der Waals surface area contributed by atoms with E-state index in [2.05, 4.69) is 9.73 Å². The highest BCUT2D eigenvalue weighted by molar-refractivity contribution is 6.32. The molecule has 0 fully saturated rings. The lowest BCUT2D eigenvalue weighted by atomic mass is 10.1. The first kappa shape index (κ1) is 20.4. The maximum atomic E-state index is 12.2. The van der Waals surface area contributed by atoms with Crippen molar-refractivity contribution in [3.05, 3.63) is 64.3 Å². The largest absolute Gasteiger partial charge is 0.490 e. The van der Waals surface area contributed by atoms with Gasteiger partial charge in [-0.3, -0.25) is 0 Å². The lowest BCUT2D eigenvalue weighted by Gasteiger charge is -2.13. The van der Waals surface area contributed by atoms with Crippen LogP contribution < -0.4 is 9.47 Å². The SMILES string of the molecule is CCOc1cc(/C=C2\N=C(c3ccccc3)OC2=O)cc(Cl)c1OCC(=O)OC. The van der Waals surface area contributed by atoms with Gasteiger partial charge in [0.25, 0.3) is 0 Å². The summed E-state index contributed by atoms with van der Waals surface area (Å²) < 4.78 is 20.8. The van der Waals surface area contributed by atoms with Crippen LogP contribution in [0.15, 0.2) is 53.2 Å². The fourth-order valence-corrected chi connectivity index (χ4v) is 2.81. The van der Waals surface area contributed by atoms with E-state index in [0.717, 1.165) is 0 Å². The lowest BCUT2D eigenvalue weighted by molar-refractivity contribution is -0.143. The maximum absolute atomic E-state index is 12.2. The number of esters is 2. The Hall–Kier alpha value is -3.32. The molecule has 1 aliphatic heterocycles. The molecule has 0 N–H and O–H groups in total. The summed E-state index contributed by atoms with van der Waals surface area (Å²) in [6.07, 6.45) is 1.54. The average Bonchev–Trinajstić information content (AvgIpc) is 3.08. The third-order valence-corrected chi connectivity index (χ3v) is 4.12. The molecule has 2 aromatic rings. The van der Waals surface area contributed by atoms with Crippen molar-refractivity contribution in [2.75, 3.05) is 20.3 Å². The van der Waals surface area contributed by atoms with E-state index in [1.54, 1.807) is 31.2 Å². The fraction of sp³-hybridized carbons (Fsp3) is 0.190. The fourth-order valence-electron chi connectivity index (χ4n) is 2.54. The molecule has 1 heterocycles. The van der Waals surface area contributed by atoms with Crippen LogP contribution >= 0.6 is 11.6 Å². The number of hydrogen-bond donors (Lipinski definition) is 0. The topological polar surface area (TPSA) is 83.4 Å². The van der Waals surface area contributed by atoms with Gasteiger partial charge in [0.1, 0.15) is 0 Å². The number of halogens is 1. The zero-order valence-electron chi connectivity index (χ0n) is 15.8. The van der Waals surface area contributed by atoms with Crippen LogP contribution in [0, 0.1) is 0 Å². The minimum absolute atomic E-state index is 0.130. The van der Waals surface area contributed by atoms with Crippen LogP contribution in [0.4, 0.5) is 0 Å². The zero-order valence-corrected chi connectivity index (χ0v) is 16.6. The number of cyclic esters (lactones) is 1. The van der Waals surface area contributed by atoms with Gasteiger partial charge in [-0.2, -0.15) is 0 Å². The summed E-state index contributed by atoms with van der Waals surface area (Å²) in [6, 6.07) is 12.3. The van der Waals surface area contributed by atoms with Crippen molar-refractivity contribution in [1.82, 2.24) is 0 Å². The smallest absolute Gasteiger partial charge is 0.363 e. The average molecular weight is 416 g/mol. The molecule has 0 aliphatic carbocycles. The molecule has 0 saturated carbocycles. The molecular weight excluding hydrogens is 398 g/mol. The molecule has 0 unspecified atom stereocenters. The van der Waals surface area contributed by atoms with Gasteiger partial charge >= 0.3 is 11.9 Å². The van der Waals surface area contributed by atoms with Crippen LogP contribution in [0.2, 0.25) is 5.02 Å². The normalized spacial score (nSPS) is 14.4. The summed E-state index contributed by atoms with van der Waals surface area (Å²) in [5.74, 6) is -0.343. The predicted molar refractivity (Wildman–Crippen MR) is 107 cm³/mol. The van der Waals surface area contributed by atoms with E-state index < -0.39 is 11.9 Å². The summed E-state index contributed by atoms with van der Waals surface area (Å²) in [4.78, 5) is 27.8. The molecule has 0 bridgehead atoms. The number of nitrogens with zero attached hydrogens (tertiary/aromatic N) is 1. The molecule has 7 nitrogen and oxygen atoms in total. The van der Waals surface area contributed by atoms with Gasteiger partial charge in [0.15, 0.2) is 23.8 Å². The van der Waals surface area contributed by atoms with E-state index in [0.29, 0.717) is 23.5 Å². The molecule has 0 radical (unpaired) electrons. The van der Waals surface area contributed by atoms with Crippen LogP contribution in [0.25, 0.3) is 6.08 Å².